The van der Waals surface area contributed by atoms with Gasteiger partial charge in [0.2, 0.25) is 5.91 Å². The molecule has 1 aliphatic heterocycles. The number of nitrogens with zero attached hydrogens (tertiary/aromatic N) is 1. The lowest BCUT2D eigenvalue weighted by molar-refractivity contribution is -0.116. The molecule has 1 atom stereocenters. The molecule has 19 heavy (non-hydrogen) atoms. The third-order valence-electron chi connectivity index (χ3n) is 3.75. The van der Waals surface area contributed by atoms with Gasteiger partial charge in [0.1, 0.15) is 0 Å². The summed E-state index contributed by atoms with van der Waals surface area (Å²) in [6, 6.07) is 7.78. The molecule has 1 aromatic rings. The number of piperidine rings is 1. The van der Waals surface area contributed by atoms with Crippen molar-refractivity contribution in [1.82, 2.24) is 4.90 Å². The fourth-order valence-electron chi connectivity index (χ4n) is 2.56. The highest BCUT2D eigenvalue weighted by Gasteiger charge is 2.19. The predicted octanol–water partition coefficient (Wildman–Crippen LogP) is 3.54. The molecule has 1 heterocycles. The van der Waals surface area contributed by atoms with Crippen LogP contribution in [0.25, 0.3) is 0 Å². The molecule has 1 amide bonds. The second kappa shape index (κ2) is 6.92. The number of likely N-dealkylation sites (tertiary alicyclic amines) is 1. The van der Waals surface area contributed by atoms with Crippen molar-refractivity contribution in [3.05, 3.63) is 29.3 Å². The maximum absolute atomic E-state index is 11.9. The second-order valence-electron chi connectivity index (χ2n) is 5.22. The molecule has 0 bridgehead atoms. The monoisotopic (exact) mass is 280 g/mol. The molecule has 0 aliphatic carbocycles. The van der Waals surface area contributed by atoms with Crippen LogP contribution in [-0.2, 0) is 4.79 Å². The number of hydrogen-bond acceptors (Lipinski definition) is 2. The van der Waals surface area contributed by atoms with Crippen LogP contribution in [0.15, 0.2) is 24.3 Å². The highest BCUT2D eigenvalue weighted by molar-refractivity contribution is 6.30. The lowest BCUT2D eigenvalue weighted by Crippen LogP contribution is -2.36. The fourth-order valence-corrected chi connectivity index (χ4v) is 2.69. The van der Waals surface area contributed by atoms with Gasteiger partial charge in [-0.2, -0.15) is 0 Å². The Bertz CT molecular complexity index is 419. The quantitative estimate of drug-likeness (QED) is 0.915. The standard InChI is InChI=1S/C15H21ClN2O/c1-18-11-3-2-4-14(18)9-10-15(19)17-13-7-5-12(16)6-8-13/h5-8,14H,2-4,9-11H2,1H3,(H,17,19). The van der Waals surface area contributed by atoms with Crippen LogP contribution in [0, 0.1) is 0 Å². The summed E-state index contributed by atoms with van der Waals surface area (Å²) in [5.41, 5.74) is 0.811. The number of anilines is 1. The van der Waals surface area contributed by atoms with Gasteiger partial charge in [-0.15, -0.1) is 0 Å². The summed E-state index contributed by atoms with van der Waals surface area (Å²) in [5, 5.41) is 3.59. The summed E-state index contributed by atoms with van der Waals surface area (Å²) in [6.07, 6.45) is 5.30. The molecule has 1 unspecified atom stereocenters. The Morgan fingerprint density at radius 1 is 1.37 bits per heavy atom. The number of carbonyl (C=O) groups excluding carboxylic acids is 1. The second-order valence-corrected chi connectivity index (χ2v) is 5.66. The van der Waals surface area contributed by atoms with E-state index in [0.29, 0.717) is 17.5 Å². The Kier molecular flexibility index (Phi) is 5.23. The zero-order valence-corrected chi connectivity index (χ0v) is 12.1. The normalized spacial score (nSPS) is 20.2. The van der Waals surface area contributed by atoms with Crippen LogP contribution in [0.4, 0.5) is 5.69 Å². The van der Waals surface area contributed by atoms with E-state index in [1.165, 1.54) is 19.3 Å². The lowest BCUT2D eigenvalue weighted by atomic mass is 9.98. The van der Waals surface area contributed by atoms with Crippen molar-refractivity contribution in [2.45, 2.75) is 38.1 Å². The molecule has 1 aromatic carbocycles. The topological polar surface area (TPSA) is 32.3 Å². The lowest BCUT2D eigenvalue weighted by Gasteiger charge is -2.32. The SMILES string of the molecule is CN1CCCCC1CCC(=O)Nc1ccc(Cl)cc1. The molecule has 0 radical (unpaired) electrons. The van der Waals surface area contributed by atoms with E-state index in [1.54, 1.807) is 12.1 Å². The van der Waals surface area contributed by atoms with E-state index in [9.17, 15) is 4.79 Å². The maximum Gasteiger partial charge on any atom is 0.224 e. The average Bonchev–Trinajstić information content (AvgIpc) is 2.40. The molecule has 2 rings (SSSR count). The highest BCUT2D eigenvalue weighted by atomic mass is 35.5. The summed E-state index contributed by atoms with van der Waals surface area (Å²) < 4.78 is 0. The van der Waals surface area contributed by atoms with Crippen molar-refractivity contribution in [3.63, 3.8) is 0 Å². The van der Waals surface area contributed by atoms with Gasteiger partial charge in [-0.25, -0.2) is 0 Å². The van der Waals surface area contributed by atoms with Gasteiger partial charge in [-0.3, -0.25) is 4.79 Å². The molecule has 1 aliphatic rings. The summed E-state index contributed by atoms with van der Waals surface area (Å²) in [7, 11) is 2.15. The fraction of sp³-hybridized carbons (Fsp3) is 0.533. The Balaban J connectivity index is 1.76. The van der Waals surface area contributed by atoms with Crippen molar-refractivity contribution in [2.24, 2.45) is 0 Å². The molecule has 3 nitrogen and oxygen atoms in total. The molecule has 1 N–H and O–H groups in total. The first-order valence-corrected chi connectivity index (χ1v) is 7.28. The van der Waals surface area contributed by atoms with Crippen molar-refractivity contribution < 1.29 is 4.79 Å². The first-order chi connectivity index (χ1) is 9.15. The minimum absolute atomic E-state index is 0.0845. The van der Waals surface area contributed by atoms with Gasteiger partial charge in [-0.05, 0) is 57.1 Å². The van der Waals surface area contributed by atoms with Crippen LogP contribution in [0.2, 0.25) is 5.02 Å². The number of carbonyl (C=O) groups is 1. The number of amides is 1. The summed E-state index contributed by atoms with van der Waals surface area (Å²) in [4.78, 5) is 14.3. The number of nitrogens with one attached hydrogen (secondary N) is 1. The largest absolute Gasteiger partial charge is 0.326 e. The van der Waals surface area contributed by atoms with Crippen molar-refractivity contribution in [2.75, 3.05) is 18.9 Å². The molecule has 4 heteroatoms. The third-order valence-corrected chi connectivity index (χ3v) is 4.01. The minimum atomic E-state index is 0.0845. The Labute approximate surface area is 119 Å². The van der Waals surface area contributed by atoms with Crippen LogP contribution in [-0.4, -0.2) is 30.4 Å². The number of rotatable bonds is 4. The maximum atomic E-state index is 11.9. The predicted molar refractivity (Wildman–Crippen MR) is 79.6 cm³/mol. The zero-order valence-electron chi connectivity index (χ0n) is 11.4. The van der Waals surface area contributed by atoms with Crippen molar-refractivity contribution in [3.8, 4) is 0 Å². The van der Waals surface area contributed by atoms with Crippen LogP contribution in [0.3, 0.4) is 0 Å². The van der Waals surface area contributed by atoms with Gasteiger partial charge in [0.25, 0.3) is 0 Å². The Hall–Kier alpha value is -1.06. The molecule has 0 saturated carbocycles. The Morgan fingerprint density at radius 3 is 2.79 bits per heavy atom. The van der Waals surface area contributed by atoms with E-state index in [1.807, 2.05) is 12.1 Å². The third kappa shape index (κ3) is 4.51. The van der Waals surface area contributed by atoms with Gasteiger partial charge in [0, 0.05) is 23.2 Å². The highest BCUT2D eigenvalue weighted by Crippen LogP contribution is 2.19. The smallest absolute Gasteiger partial charge is 0.224 e. The van der Waals surface area contributed by atoms with Crippen LogP contribution in [0.1, 0.15) is 32.1 Å². The van der Waals surface area contributed by atoms with Crippen molar-refractivity contribution >= 4 is 23.2 Å². The summed E-state index contributed by atoms with van der Waals surface area (Å²) in [6.45, 7) is 1.16. The van der Waals surface area contributed by atoms with Crippen molar-refractivity contribution in [1.29, 1.82) is 0 Å². The van der Waals surface area contributed by atoms with E-state index >= 15 is 0 Å². The molecule has 104 valence electrons. The van der Waals surface area contributed by atoms with Gasteiger partial charge in [0.15, 0.2) is 0 Å². The molecular weight excluding hydrogens is 260 g/mol. The first-order valence-electron chi connectivity index (χ1n) is 6.91. The van der Waals surface area contributed by atoms with Crippen LogP contribution >= 0.6 is 11.6 Å². The van der Waals surface area contributed by atoms with E-state index in [0.717, 1.165) is 18.7 Å². The van der Waals surface area contributed by atoms with E-state index < -0.39 is 0 Å². The van der Waals surface area contributed by atoms with E-state index in [4.69, 9.17) is 11.6 Å². The van der Waals surface area contributed by atoms with Gasteiger partial charge < -0.3 is 10.2 Å². The molecule has 0 aromatic heterocycles. The average molecular weight is 281 g/mol. The van der Waals surface area contributed by atoms with Gasteiger partial charge in [-0.1, -0.05) is 18.0 Å². The zero-order chi connectivity index (χ0) is 13.7. The number of benzene rings is 1. The molecule has 1 fully saturated rings. The molecular formula is C15H21ClN2O. The number of hydrogen-bond donors (Lipinski definition) is 1. The van der Waals surface area contributed by atoms with Gasteiger partial charge >= 0.3 is 0 Å². The molecule has 1 saturated heterocycles. The minimum Gasteiger partial charge on any atom is -0.326 e. The molecule has 0 spiro atoms. The van der Waals surface area contributed by atoms with Gasteiger partial charge in [0.05, 0.1) is 0 Å². The summed E-state index contributed by atoms with van der Waals surface area (Å²) >= 11 is 5.81. The Morgan fingerprint density at radius 2 is 2.11 bits per heavy atom. The van der Waals surface area contributed by atoms with E-state index in [-0.39, 0.29) is 5.91 Å². The first kappa shape index (κ1) is 14.4. The van der Waals surface area contributed by atoms with Crippen LogP contribution in [0.5, 0.6) is 0 Å². The van der Waals surface area contributed by atoms with Crippen LogP contribution < -0.4 is 5.32 Å². The number of halogens is 1. The van der Waals surface area contributed by atoms with E-state index in [2.05, 4.69) is 17.3 Å². The summed E-state index contributed by atoms with van der Waals surface area (Å²) in [5.74, 6) is 0.0845.